The van der Waals surface area contributed by atoms with Crippen molar-refractivity contribution in [2.75, 3.05) is 27.2 Å². The highest BCUT2D eigenvalue weighted by atomic mass is 16.3. The molecular formula is C16H34N2O. The van der Waals surface area contributed by atoms with E-state index in [1.54, 1.807) is 0 Å². The molecule has 0 amide bonds. The first kappa shape index (κ1) is 16.9. The fourth-order valence-electron chi connectivity index (χ4n) is 3.25. The fourth-order valence-corrected chi connectivity index (χ4v) is 3.25. The minimum absolute atomic E-state index is 0.167. The first-order chi connectivity index (χ1) is 8.97. The summed E-state index contributed by atoms with van der Waals surface area (Å²) in [4.78, 5) is 2.23. The summed E-state index contributed by atoms with van der Waals surface area (Å²) in [6.45, 7) is 6.33. The summed E-state index contributed by atoms with van der Waals surface area (Å²) >= 11 is 0. The lowest BCUT2D eigenvalue weighted by molar-refractivity contribution is 0.133. The lowest BCUT2D eigenvalue weighted by atomic mass is 9.99. The Balaban J connectivity index is 2.24. The van der Waals surface area contributed by atoms with E-state index in [1.807, 2.05) is 0 Å². The van der Waals surface area contributed by atoms with Crippen LogP contribution in [-0.2, 0) is 0 Å². The van der Waals surface area contributed by atoms with E-state index in [9.17, 15) is 5.11 Å². The van der Waals surface area contributed by atoms with Gasteiger partial charge in [-0.3, -0.25) is 0 Å². The molecule has 1 rings (SSSR count). The summed E-state index contributed by atoms with van der Waals surface area (Å²) in [7, 11) is 4.23. The van der Waals surface area contributed by atoms with E-state index in [0.717, 1.165) is 25.4 Å². The van der Waals surface area contributed by atoms with Crippen LogP contribution < -0.4 is 5.32 Å². The number of aliphatic hydroxyl groups excluding tert-OH is 1. The molecule has 0 heterocycles. The third-order valence-electron chi connectivity index (χ3n) is 4.06. The second-order valence-corrected chi connectivity index (χ2v) is 7.04. The number of likely N-dealkylation sites (N-methyl/N-ethyl adjacent to an activating group) is 1. The molecule has 1 aliphatic carbocycles. The number of nitrogens with one attached hydrogen (secondary N) is 1. The van der Waals surface area contributed by atoms with Gasteiger partial charge in [-0.1, -0.05) is 39.5 Å². The van der Waals surface area contributed by atoms with Gasteiger partial charge in [0.15, 0.2) is 0 Å². The van der Waals surface area contributed by atoms with Crippen LogP contribution in [-0.4, -0.2) is 49.3 Å². The minimum Gasteiger partial charge on any atom is -0.392 e. The Morgan fingerprint density at radius 2 is 1.84 bits per heavy atom. The van der Waals surface area contributed by atoms with Crippen molar-refractivity contribution in [3.63, 3.8) is 0 Å². The lowest BCUT2D eigenvalue weighted by Crippen LogP contribution is -2.42. The van der Waals surface area contributed by atoms with Gasteiger partial charge >= 0.3 is 0 Å². The van der Waals surface area contributed by atoms with Crippen molar-refractivity contribution in [3.05, 3.63) is 0 Å². The molecule has 0 bridgehead atoms. The smallest absolute Gasteiger partial charge is 0.0667 e. The van der Waals surface area contributed by atoms with E-state index in [4.69, 9.17) is 0 Å². The number of nitrogens with zero attached hydrogens (tertiary/aromatic N) is 1. The van der Waals surface area contributed by atoms with Crippen LogP contribution in [0.1, 0.15) is 52.4 Å². The highest BCUT2D eigenvalue weighted by Crippen LogP contribution is 2.28. The average Bonchev–Trinajstić information content (AvgIpc) is 2.77. The van der Waals surface area contributed by atoms with Gasteiger partial charge in [-0.2, -0.15) is 0 Å². The van der Waals surface area contributed by atoms with Crippen molar-refractivity contribution in [1.82, 2.24) is 10.2 Å². The molecule has 3 nitrogen and oxygen atoms in total. The Bertz CT molecular complexity index is 215. The van der Waals surface area contributed by atoms with Crippen molar-refractivity contribution in [2.24, 2.45) is 11.8 Å². The predicted octanol–water partition coefficient (Wildman–Crippen LogP) is 2.49. The molecule has 0 radical (unpaired) electrons. The predicted molar refractivity (Wildman–Crippen MR) is 82.4 cm³/mol. The van der Waals surface area contributed by atoms with Crippen LogP contribution >= 0.6 is 0 Å². The van der Waals surface area contributed by atoms with Crippen molar-refractivity contribution in [1.29, 1.82) is 0 Å². The minimum atomic E-state index is -0.167. The first-order valence-electron chi connectivity index (χ1n) is 8.03. The molecule has 114 valence electrons. The largest absolute Gasteiger partial charge is 0.392 e. The topological polar surface area (TPSA) is 35.5 Å². The lowest BCUT2D eigenvalue weighted by Gasteiger charge is -2.26. The monoisotopic (exact) mass is 270 g/mol. The van der Waals surface area contributed by atoms with Gasteiger partial charge in [-0.25, -0.2) is 0 Å². The maximum absolute atomic E-state index is 10.2. The number of rotatable bonds is 9. The molecule has 1 aliphatic rings. The highest BCUT2D eigenvalue weighted by Gasteiger charge is 2.20. The Morgan fingerprint density at radius 1 is 1.21 bits per heavy atom. The Hall–Kier alpha value is -0.120. The van der Waals surface area contributed by atoms with Gasteiger partial charge in [-0.05, 0) is 38.8 Å². The molecule has 0 aromatic rings. The van der Waals surface area contributed by atoms with Gasteiger partial charge in [0.05, 0.1) is 6.10 Å². The average molecular weight is 270 g/mol. The molecule has 0 aliphatic heterocycles. The van der Waals surface area contributed by atoms with E-state index in [-0.39, 0.29) is 6.10 Å². The summed E-state index contributed by atoms with van der Waals surface area (Å²) in [6, 6.07) is 0.494. The zero-order valence-electron chi connectivity index (χ0n) is 13.4. The molecule has 2 atom stereocenters. The van der Waals surface area contributed by atoms with E-state index in [2.05, 4.69) is 38.2 Å². The van der Waals surface area contributed by atoms with Gasteiger partial charge in [0.25, 0.3) is 0 Å². The van der Waals surface area contributed by atoms with E-state index in [1.165, 1.54) is 32.1 Å². The van der Waals surface area contributed by atoms with Crippen molar-refractivity contribution >= 4 is 0 Å². The summed E-state index contributed by atoms with van der Waals surface area (Å²) in [5, 5.41) is 13.7. The van der Waals surface area contributed by atoms with Crippen LogP contribution in [0.25, 0.3) is 0 Å². The van der Waals surface area contributed by atoms with Crippen LogP contribution in [0.4, 0.5) is 0 Å². The molecule has 19 heavy (non-hydrogen) atoms. The zero-order chi connectivity index (χ0) is 14.3. The third kappa shape index (κ3) is 7.91. The molecule has 0 saturated heterocycles. The SMILES string of the molecule is CC(C)CC(CN(C)C)NCC(O)CC1CCCC1. The molecule has 1 saturated carbocycles. The standard InChI is InChI=1S/C16H34N2O/c1-13(2)9-15(12-18(3)4)17-11-16(19)10-14-7-5-6-8-14/h13-17,19H,5-12H2,1-4H3. The molecule has 2 N–H and O–H groups in total. The number of hydrogen-bond acceptors (Lipinski definition) is 3. The summed E-state index contributed by atoms with van der Waals surface area (Å²) in [5.74, 6) is 1.47. The second-order valence-electron chi connectivity index (χ2n) is 7.04. The van der Waals surface area contributed by atoms with E-state index < -0.39 is 0 Å². The van der Waals surface area contributed by atoms with Gasteiger partial charge in [0, 0.05) is 19.1 Å². The summed E-state index contributed by atoms with van der Waals surface area (Å²) in [6.07, 6.45) is 7.37. The van der Waals surface area contributed by atoms with Gasteiger partial charge < -0.3 is 15.3 Å². The molecule has 1 fully saturated rings. The maximum Gasteiger partial charge on any atom is 0.0667 e. The second kappa shape index (κ2) is 8.93. The van der Waals surface area contributed by atoms with Crippen LogP contribution in [0.15, 0.2) is 0 Å². The van der Waals surface area contributed by atoms with Crippen LogP contribution in [0.5, 0.6) is 0 Å². The highest BCUT2D eigenvalue weighted by molar-refractivity contribution is 4.76. The maximum atomic E-state index is 10.2. The molecule has 3 heteroatoms. The fraction of sp³-hybridized carbons (Fsp3) is 1.00. The molecule has 0 aromatic heterocycles. The van der Waals surface area contributed by atoms with E-state index >= 15 is 0 Å². The molecule has 0 aromatic carbocycles. The first-order valence-corrected chi connectivity index (χ1v) is 8.03. The number of hydrogen-bond donors (Lipinski definition) is 2. The normalized spacial score (nSPS) is 20.4. The van der Waals surface area contributed by atoms with Crippen LogP contribution in [0.2, 0.25) is 0 Å². The molecule has 0 spiro atoms. The summed E-state index contributed by atoms with van der Waals surface area (Å²) < 4.78 is 0. The van der Waals surface area contributed by atoms with Crippen molar-refractivity contribution in [3.8, 4) is 0 Å². The molecule has 2 unspecified atom stereocenters. The summed E-state index contributed by atoms with van der Waals surface area (Å²) in [5.41, 5.74) is 0. The van der Waals surface area contributed by atoms with Crippen molar-refractivity contribution in [2.45, 2.75) is 64.5 Å². The third-order valence-corrected chi connectivity index (χ3v) is 4.06. The zero-order valence-corrected chi connectivity index (χ0v) is 13.4. The Labute approximate surface area is 119 Å². The van der Waals surface area contributed by atoms with E-state index in [0.29, 0.717) is 12.0 Å². The molecular weight excluding hydrogens is 236 g/mol. The van der Waals surface area contributed by atoms with Crippen molar-refractivity contribution < 1.29 is 5.11 Å². The Morgan fingerprint density at radius 3 is 2.37 bits per heavy atom. The number of aliphatic hydroxyl groups is 1. The van der Waals surface area contributed by atoms with Gasteiger partial charge in [0.1, 0.15) is 0 Å². The Kier molecular flexibility index (Phi) is 7.96. The van der Waals surface area contributed by atoms with Gasteiger partial charge in [-0.15, -0.1) is 0 Å². The quantitative estimate of drug-likeness (QED) is 0.676. The van der Waals surface area contributed by atoms with Gasteiger partial charge in [0.2, 0.25) is 0 Å². The van der Waals surface area contributed by atoms with Crippen LogP contribution in [0.3, 0.4) is 0 Å². The van der Waals surface area contributed by atoms with Crippen LogP contribution in [0, 0.1) is 11.8 Å².